The minimum atomic E-state index is 0.0872. The molecule has 1 aromatic heterocycles. The molecule has 0 saturated carbocycles. The van der Waals surface area contributed by atoms with Gasteiger partial charge in [0.15, 0.2) is 11.5 Å². The molecule has 28 heavy (non-hydrogen) atoms. The Morgan fingerprint density at radius 1 is 1.29 bits per heavy atom. The number of ether oxygens (including phenoxy) is 1. The van der Waals surface area contributed by atoms with Gasteiger partial charge in [0.25, 0.3) is 0 Å². The maximum Gasteiger partial charge on any atom is 0.222 e. The molecule has 0 radical (unpaired) electrons. The molecule has 0 bridgehead atoms. The van der Waals surface area contributed by atoms with Crippen LogP contribution >= 0.6 is 11.3 Å². The molecule has 3 aromatic rings. The lowest BCUT2D eigenvalue weighted by Crippen LogP contribution is -2.32. The Labute approximate surface area is 167 Å². The number of amides is 1. The van der Waals surface area contributed by atoms with E-state index < -0.39 is 0 Å². The van der Waals surface area contributed by atoms with E-state index >= 15 is 0 Å². The number of unbranched alkanes of at least 4 members (excludes halogenated alkanes) is 1. The van der Waals surface area contributed by atoms with Crippen molar-refractivity contribution in [2.75, 3.05) is 19.7 Å². The zero-order valence-electron chi connectivity index (χ0n) is 15.6. The van der Waals surface area contributed by atoms with Crippen molar-refractivity contribution >= 4 is 27.5 Å². The van der Waals surface area contributed by atoms with Crippen LogP contribution in [0.3, 0.4) is 0 Å². The summed E-state index contributed by atoms with van der Waals surface area (Å²) in [6, 6.07) is 11.6. The molecule has 0 saturated heterocycles. The number of benzene rings is 2. The van der Waals surface area contributed by atoms with E-state index in [1.54, 1.807) is 22.3 Å². The molecular weight excluding hydrogens is 374 g/mol. The number of hydrogen-bond acceptors (Lipinski definition) is 6. The highest BCUT2D eigenvalue weighted by molar-refractivity contribution is 7.21. The Morgan fingerprint density at radius 2 is 2.14 bits per heavy atom. The van der Waals surface area contributed by atoms with Crippen molar-refractivity contribution in [3.63, 3.8) is 0 Å². The van der Waals surface area contributed by atoms with Crippen molar-refractivity contribution in [2.24, 2.45) is 5.73 Å². The number of para-hydroxylation sites is 1. The van der Waals surface area contributed by atoms with Crippen molar-refractivity contribution in [3.8, 4) is 22.1 Å². The number of thiazole rings is 1. The zero-order valence-corrected chi connectivity index (χ0v) is 16.4. The third-order valence-electron chi connectivity index (χ3n) is 4.85. The number of hydrogen-bond donors (Lipinski definition) is 2. The zero-order chi connectivity index (χ0) is 19.5. The highest BCUT2D eigenvalue weighted by Gasteiger charge is 2.23. The quantitative estimate of drug-likeness (QED) is 0.643. The molecule has 0 spiro atoms. The van der Waals surface area contributed by atoms with Crippen LogP contribution in [0.2, 0.25) is 0 Å². The number of carbonyl (C=O) groups excluding carboxylic acids is 1. The summed E-state index contributed by atoms with van der Waals surface area (Å²) in [5.74, 6) is 0.640. The van der Waals surface area contributed by atoms with Crippen molar-refractivity contribution in [2.45, 2.75) is 25.8 Å². The van der Waals surface area contributed by atoms with Gasteiger partial charge in [-0.1, -0.05) is 12.1 Å². The van der Waals surface area contributed by atoms with Gasteiger partial charge < -0.3 is 20.5 Å². The van der Waals surface area contributed by atoms with Crippen molar-refractivity contribution in [3.05, 3.63) is 42.0 Å². The third-order valence-corrected chi connectivity index (χ3v) is 5.94. The number of fused-ring (bicyclic) bond motifs is 2. The summed E-state index contributed by atoms with van der Waals surface area (Å²) in [6.07, 6.45) is 2.11. The molecule has 0 fully saturated rings. The molecule has 1 aliphatic rings. The van der Waals surface area contributed by atoms with Crippen LogP contribution in [0.1, 0.15) is 24.8 Å². The van der Waals surface area contributed by atoms with Gasteiger partial charge in [0.1, 0.15) is 11.6 Å². The molecule has 0 aliphatic carbocycles. The third kappa shape index (κ3) is 3.81. The van der Waals surface area contributed by atoms with E-state index in [9.17, 15) is 9.90 Å². The van der Waals surface area contributed by atoms with Crippen LogP contribution in [0, 0.1) is 0 Å². The van der Waals surface area contributed by atoms with Crippen molar-refractivity contribution in [1.82, 2.24) is 9.88 Å². The Balaban J connectivity index is 1.63. The standard InChI is InChI=1S/C21H23N3O3S/c22-8-4-3-7-19(26)24-9-10-27-20-15(13-24)11-14(12-17(20)25)21-23-16-5-1-2-6-18(16)28-21/h1-2,5-6,11-12,25H,3-4,7-10,13,22H2. The number of phenols is 1. The minimum Gasteiger partial charge on any atom is -0.504 e. The Kier molecular flexibility index (Phi) is 5.45. The molecular formula is C21H23N3O3S. The average Bonchev–Trinajstić information content (AvgIpc) is 3.01. The molecule has 0 atom stereocenters. The summed E-state index contributed by atoms with van der Waals surface area (Å²) in [4.78, 5) is 19.0. The molecule has 146 valence electrons. The van der Waals surface area contributed by atoms with Gasteiger partial charge in [0.2, 0.25) is 5.91 Å². The number of aromatic hydroxyl groups is 1. The van der Waals surface area contributed by atoms with Crippen molar-refractivity contribution < 1.29 is 14.6 Å². The summed E-state index contributed by atoms with van der Waals surface area (Å²) >= 11 is 1.58. The van der Waals surface area contributed by atoms with Gasteiger partial charge in [-0.15, -0.1) is 11.3 Å². The van der Waals surface area contributed by atoms with Gasteiger partial charge in [0, 0.05) is 24.1 Å². The predicted molar refractivity (Wildman–Crippen MR) is 111 cm³/mol. The molecule has 2 heterocycles. The van der Waals surface area contributed by atoms with E-state index in [0.717, 1.165) is 39.2 Å². The summed E-state index contributed by atoms with van der Waals surface area (Å²) in [5.41, 5.74) is 8.09. The molecule has 1 amide bonds. The molecule has 4 rings (SSSR count). The predicted octanol–water partition coefficient (Wildman–Crippen LogP) is 3.52. The lowest BCUT2D eigenvalue weighted by Gasteiger charge is -2.20. The van der Waals surface area contributed by atoms with Crippen LogP contribution < -0.4 is 10.5 Å². The van der Waals surface area contributed by atoms with Crippen LogP contribution in [-0.2, 0) is 11.3 Å². The Morgan fingerprint density at radius 3 is 2.96 bits per heavy atom. The second kappa shape index (κ2) is 8.16. The summed E-state index contributed by atoms with van der Waals surface area (Å²) in [7, 11) is 0. The lowest BCUT2D eigenvalue weighted by molar-refractivity contribution is -0.132. The first kappa shape index (κ1) is 18.7. The molecule has 2 aromatic carbocycles. The van der Waals surface area contributed by atoms with Crippen LogP contribution in [0.4, 0.5) is 0 Å². The number of nitrogens with two attached hydrogens (primary N) is 1. The number of nitrogens with zero attached hydrogens (tertiary/aromatic N) is 2. The molecule has 7 heteroatoms. The number of rotatable bonds is 5. The second-order valence-electron chi connectivity index (χ2n) is 6.88. The molecule has 6 nitrogen and oxygen atoms in total. The Hall–Kier alpha value is -2.64. The maximum absolute atomic E-state index is 12.5. The van der Waals surface area contributed by atoms with Crippen LogP contribution in [0.15, 0.2) is 36.4 Å². The second-order valence-corrected chi connectivity index (χ2v) is 7.91. The maximum atomic E-state index is 12.5. The van der Waals surface area contributed by atoms with E-state index in [4.69, 9.17) is 10.5 Å². The normalized spacial score (nSPS) is 13.8. The monoisotopic (exact) mass is 397 g/mol. The highest BCUT2D eigenvalue weighted by atomic mass is 32.1. The summed E-state index contributed by atoms with van der Waals surface area (Å²) in [6.45, 7) is 1.89. The van der Waals surface area contributed by atoms with Crippen LogP contribution in [-0.4, -0.2) is 40.6 Å². The molecule has 3 N–H and O–H groups in total. The van der Waals surface area contributed by atoms with Gasteiger partial charge in [-0.05, 0) is 43.7 Å². The first-order valence-corrected chi connectivity index (χ1v) is 10.3. The van der Waals surface area contributed by atoms with Crippen LogP contribution in [0.25, 0.3) is 20.8 Å². The first-order valence-electron chi connectivity index (χ1n) is 9.48. The van der Waals surface area contributed by atoms with E-state index in [-0.39, 0.29) is 11.7 Å². The van der Waals surface area contributed by atoms with E-state index in [2.05, 4.69) is 4.98 Å². The SMILES string of the molecule is NCCCCC(=O)N1CCOc2c(O)cc(-c3nc4ccccc4s3)cc2C1. The highest BCUT2D eigenvalue weighted by Crippen LogP contribution is 2.39. The smallest absolute Gasteiger partial charge is 0.222 e. The Bertz CT molecular complexity index is 969. The first-order chi connectivity index (χ1) is 13.7. The lowest BCUT2D eigenvalue weighted by atomic mass is 10.1. The topological polar surface area (TPSA) is 88.7 Å². The van der Waals surface area contributed by atoms with Gasteiger partial charge >= 0.3 is 0 Å². The number of phenolic OH excluding ortho intramolecular Hbond substituents is 1. The average molecular weight is 398 g/mol. The van der Waals surface area contributed by atoms with Gasteiger partial charge in [-0.3, -0.25) is 4.79 Å². The number of aromatic nitrogens is 1. The van der Waals surface area contributed by atoms with E-state index in [1.165, 1.54) is 0 Å². The largest absolute Gasteiger partial charge is 0.504 e. The summed E-state index contributed by atoms with van der Waals surface area (Å²) in [5, 5.41) is 11.4. The summed E-state index contributed by atoms with van der Waals surface area (Å²) < 4.78 is 6.85. The van der Waals surface area contributed by atoms with Gasteiger partial charge in [-0.25, -0.2) is 4.98 Å². The minimum absolute atomic E-state index is 0.0872. The molecule has 0 unspecified atom stereocenters. The molecule has 1 aliphatic heterocycles. The number of carbonyl (C=O) groups is 1. The van der Waals surface area contributed by atoms with Gasteiger partial charge in [0.05, 0.1) is 16.8 Å². The fourth-order valence-corrected chi connectivity index (χ4v) is 4.36. The fourth-order valence-electron chi connectivity index (χ4n) is 3.41. The van der Waals surface area contributed by atoms with Crippen LogP contribution in [0.5, 0.6) is 11.5 Å². The van der Waals surface area contributed by atoms with Crippen molar-refractivity contribution in [1.29, 1.82) is 0 Å². The van der Waals surface area contributed by atoms with Gasteiger partial charge in [-0.2, -0.15) is 0 Å². The van der Waals surface area contributed by atoms with E-state index in [0.29, 0.717) is 38.4 Å². The fraction of sp³-hybridized carbons (Fsp3) is 0.333. The van der Waals surface area contributed by atoms with E-state index in [1.807, 2.05) is 30.3 Å².